The standard InChI is InChI=1S/C17H23FN2S/c1-5-19-12(2)14-8-6-9-15(18)17(14)20(4)13(3)16-10-7-11-21-16/h6-13,19H,5H2,1-4H3. The van der Waals surface area contributed by atoms with Gasteiger partial charge in [-0.25, -0.2) is 4.39 Å². The van der Waals surface area contributed by atoms with Crippen LogP contribution in [0.5, 0.6) is 0 Å². The summed E-state index contributed by atoms with van der Waals surface area (Å²) in [5, 5.41) is 5.43. The second-order valence-electron chi connectivity index (χ2n) is 5.26. The Hall–Kier alpha value is -1.39. The molecule has 0 spiro atoms. The van der Waals surface area contributed by atoms with E-state index in [1.165, 1.54) is 10.9 Å². The topological polar surface area (TPSA) is 15.3 Å². The van der Waals surface area contributed by atoms with Crippen LogP contribution < -0.4 is 10.2 Å². The van der Waals surface area contributed by atoms with Crippen LogP contribution in [-0.4, -0.2) is 13.6 Å². The van der Waals surface area contributed by atoms with Crippen LogP contribution in [0.25, 0.3) is 0 Å². The summed E-state index contributed by atoms with van der Waals surface area (Å²) < 4.78 is 14.4. The second kappa shape index (κ2) is 7.05. The average molecular weight is 306 g/mol. The van der Waals surface area contributed by atoms with Crippen molar-refractivity contribution in [2.24, 2.45) is 0 Å². The molecule has 0 bridgehead atoms. The van der Waals surface area contributed by atoms with E-state index in [9.17, 15) is 4.39 Å². The van der Waals surface area contributed by atoms with Crippen molar-refractivity contribution >= 4 is 17.0 Å². The number of thiophene rings is 1. The minimum Gasteiger partial charge on any atom is -0.364 e. The highest BCUT2D eigenvalue weighted by molar-refractivity contribution is 7.10. The predicted octanol–water partition coefficient (Wildman–Crippen LogP) is 4.76. The van der Waals surface area contributed by atoms with Gasteiger partial charge in [-0.15, -0.1) is 11.3 Å². The van der Waals surface area contributed by atoms with E-state index in [1.54, 1.807) is 17.4 Å². The highest BCUT2D eigenvalue weighted by Gasteiger charge is 2.21. The summed E-state index contributed by atoms with van der Waals surface area (Å²) in [6.07, 6.45) is 0. The lowest BCUT2D eigenvalue weighted by molar-refractivity contribution is 0.573. The Kier molecular flexibility index (Phi) is 5.37. The summed E-state index contributed by atoms with van der Waals surface area (Å²) in [7, 11) is 1.96. The van der Waals surface area contributed by atoms with Crippen molar-refractivity contribution in [3.05, 3.63) is 52.0 Å². The number of anilines is 1. The summed E-state index contributed by atoms with van der Waals surface area (Å²) in [5.74, 6) is -0.164. The third kappa shape index (κ3) is 3.44. The van der Waals surface area contributed by atoms with Gasteiger partial charge >= 0.3 is 0 Å². The molecule has 0 aliphatic rings. The lowest BCUT2D eigenvalue weighted by Crippen LogP contribution is -2.26. The third-order valence-electron chi connectivity index (χ3n) is 3.88. The van der Waals surface area contributed by atoms with Gasteiger partial charge in [-0.3, -0.25) is 0 Å². The number of nitrogens with one attached hydrogen (secondary N) is 1. The second-order valence-corrected chi connectivity index (χ2v) is 6.24. The van der Waals surface area contributed by atoms with Gasteiger partial charge < -0.3 is 10.2 Å². The lowest BCUT2D eigenvalue weighted by Gasteiger charge is -2.30. The van der Waals surface area contributed by atoms with Gasteiger partial charge in [0.25, 0.3) is 0 Å². The molecule has 0 radical (unpaired) electrons. The molecule has 0 saturated heterocycles. The minimum atomic E-state index is -0.164. The Balaban J connectivity index is 2.37. The molecule has 114 valence electrons. The minimum absolute atomic E-state index is 0.124. The fourth-order valence-electron chi connectivity index (χ4n) is 2.58. The summed E-state index contributed by atoms with van der Waals surface area (Å²) in [5.41, 5.74) is 1.69. The fourth-order valence-corrected chi connectivity index (χ4v) is 3.41. The van der Waals surface area contributed by atoms with Crippen molar-refractivity contribution in [3.8, 4) is 0 Å². The van der Waals surface area contributed by atoms with Gasteiger partial charge in [-0.1, -0.05) is 25.1 Å². The smallest absolute Gasteiger partial charge is 0.146 e. The first-order chi connectivity index (χ1) is 10.1. The van der Waals surface area contributed by atoms with Crippen LogP contribution >= 0.6 is 11.3 Å². The maximum atomic E-state index is 14.4. The van der Waals surface area contributed by atoms with Crippen molar-refractivity contribution in [2.45, 2.75) is 32.9 Å². The Bertz CT molecular complexity index is 568. The zero-order valence-electron chi connectivity index (χ0n) is 13.1. The summed E-state index contributed by atoms with van der Waals surface area (Å²) in [6.45, 7) is 7.11. The highest BCUT2D eigenvalue weighted by atomic mass is 32.1. The van der Waals surface area contributed by atoms with Gasteiger partial charge in [0, 0.05) is 18.0 Å². The number of para-hydroxylation sites is 1. The Morgan fingerprint density at radius 3 is 2.62 bits per heavy atom. The highest BCUT2D eigenvalue weighted by Crippen LogP contribution is 2.34. The predicted molar refractivity (Wildman–Crippen MR) is 89.6 cm³/mol. The zero-order chi connectivity index (χ0) is 15.4. The molecule has 2 aromatic rings. The first kappa shape index (κ1) is 16.0. The van der Waals surface area contributed by atoms with Gasteiger partial charge in [-0.05, 0) is 43.5 Å². The summed E-state index contributed by atoms with van der Waals surface area (Å²) >= 11 is 1.70. The first-order valence-corrected chi connectivity index (χ1v) is 8.22. The van der Waals surface area contributed by atoms with E-state index >= 15 is 0 Å². The summed E-state index contributed by atoms with van der Waals surface area (Å²) in [4.78, 5) is 3.27. The number of nitrogens with zero attached hydrogens (tertiary/aromatic N) is 1. The van der Waals surface area contributed by atoms with E-state index in [-0.39, 0.29) is 17.9 Å². The van der Waals surface area contributed by atoms with E-state index in [0.29, 0.717) is 5.69 Å². The SMILES string of the molecule is CCNC(C)c1cccc(F)c1N(C)C(C)c1cccs1. The largest absolute Gasteiger partial charge is 0.364 e. The molecular weight excluding hydrogens is 283 g/mol. The van der Waals surface area contributed by atoms with Crippen molar-refractivity contribution in [3.63, 3.8) is 0 Å². The number of hydrogen-bond donors (Lipinski definition) is 1. The summed E-state index contributed by atoms with van der Waals surface area (Å²) in [6, 6.07) is 9.73. The van der Waals surface area contributed by atoms with Crippen LogP contribution in [0, 0.1) is 5.82 Å². The first-order valence-electron chi connectivity index (χ1n) is 7.34. The van der Waals surface area contributed by atoms with Gasteiger partial charge in [-0.2, -0.15) is 0 Å². The fraction of sp³-hybridized carbons (Fsp3) is 0.412. The molecule has 1 aromatic carbocycles. The van der Waals surface area contributed by atoms with Crippen LogP contribution in [0.15, 0.2) is 35.7 Å². The molecule has 0 saturated carbocycles. The molecule has 0 amide bonds. The maximum absolute atomic E-state index is 14.4. The van der Waals surface area contributed by atoms with Crippen LogP contribution in [-0.2, 0) is 0 Å². The number of halogens is 1. The molecule has 0 fully saturated rings. The van der Waals surface area contributed by atoms with Gasteiger partial charge in [0.05, 0.1) is 11.7 Å². The van der Waals surface area contributed by atoms with Crippen LogP contribution in [0.1, 0.15) is 43.3 Å². The van der Waals surface area contributed by atoms with Crippen molar-refractivity contribution in [1.82, 2.24) is 5.32 Å². The van der Waals surface area contributed by atoms with Crippen molar-refractivity contribution < 1.29 is 4.39 Å². The van der Waals surface area contributed by atoms with Gasteiger partial charge in [0.15, 0.2) is 0 Å². The third-order valence-corrected chi connectivity index (χ3v) is 4.93. The van der Waals surface area contributed by atoms with Crippen LogP contribution in [0.3, 0.4) is 0 Å². The number of rotatable bonds is 6. The van der Waals surface area contributed by atoms with E-state index in [2.05, 4.69) is 37.5 Å². The van der Waals surface area contributed by atoms with E-state index < -0.39 is 0 Å². The molecular formula is C17H23FN2S. The molecule has 2 atom stereocenters. The van der Waals surface area contributed by atoms with Crippen LogP contribution in [0.2, 0.25) is 0 Å². The van der Waals surface area contributed by atoms with Crippen LogP contribution in [0.4, 0.5) is 10.1 Å². The maximum Gasteiger partial charge on any atom is 0.146 e. The Morgan fingerprint density at radius 1 is 1.24 bits per heavy atom. The van der Waals surface area contributed by atoms with Crippen molar-refractivity contribution in [1.29, 1.82) is 0 Å². The molecule has 0 aliphatic heterocycles. The molecule has 2 unspecified atom stereocenters. The lowest BCUT2D eigenvalue weighted by atomic mass is 10.0. The Morgan fingerprint density at radius 2 is 2.00 bits per heavy atom. The quantitative estimate of drug-likeness (QED) is 0.828. The van der Waals surface area contributed by atoms with E-state index in [1.807, 2.05) is 24.1 Å². The molecule has 1 aromatic heterocycles. The monoisotopic (exact) mass is 306 g/mol. The molecule has 1 heterocycles. The molecule has 2 nitrogen and oxygen atoms in total. The molecule has 4 heteroatoms. The van der Waals surface area contributed by atoms with Gasteiger partial charge in [0.1, 0.15) is 5.82 Å². The molecule has 2 rings (SSSR count). The van der Waals surface area contributed by atoms with E-state index in [4.69, 9.17) is 0 Å². The molecule has 1 N–H and O–H groups in total. The van der Waals surface area contributed by atoms with Gasteiger partial charge in [0.2, 0.25) is 0 Å². The van der Waals surface area contributed by atoms with Crippen molar-refractivity contribution in [2.75, 3.05) is 18.5 Å². The molecule has 0 aliphatic carbocycles. The molecule has 21 heavy (non-hydrogen) atoms. The van der Waals surface area contributed by atoms with E-state index in [0.717, 1.165) is 12.1 Å². The normalized spacial score (nSPS) is 14.0. The zero-order valence-corrected chi connectivity index (χ0v) is 13.9. The number of hydrogen-bond acceptors (Lipinski definition) is 3. The average Bonchev–Trinajstić information content (AvgIpc) is 3.00. The Labute approximate surface area is 130 Å². The number of benzene rings is 1.